The molecule has 1 aliphatic rings. The molecule has 0 aliphatic carbocycles. The molecule has 1 aromatic heterocycles. The summed E-state index contributed by atoms with van der Waals surface area (Å²) in [6.07, 6.45) is 4.47. The summed E-state index contributed by atoms with van der Waals surface area (Å²) in [5.74, 6) is 2.07. The van der Waals surface area contributed by atoms with Gasteiger partial charge in [-0.1, -0.05) is 0 Å². The van der Waals surface area contributed by atoms with Gasteiger partial charge < -0.3 is 24.7 Å². The number of fused-ring (bicyclic) bond motifs is 1. The van der Waals surface area contributed by atoms with Crippen LogP contribution in [-0.2, 0) is 0 Å². The lowest BCUT2D eigenvalue weighted by Crippen LogP contribution is -2.34. The minimum atomic E-state index is -0.430. The predicted molar refractivity (Wildman–Crippen MR) is 119 cm³/mol. The zero-order chi connectivity index (χ0) is 22.6. The molecule has 1 aliphatic heterocycles. The Labute approximate surface area is 182 Å². The van der Waals surface area contributed by atoms with Gasteiger partial charge in [-0.3, -0.25) is 9.69 Å². The zero-order valence-electron chi connectivity index (χ0n) is 18.6. The van der Waals surface area contributed by atoms with Gasteiger partial charge in [-0.05, 0) is 63.2 Å². The van der Waals surface area contributed by atoms with Gasteiger partial charge >= 0.3 is 0 Å². The van der Waals surface area contributed by atoms with E-state index in [9.17, 15) is 4.79 Å². The molecule has 0 atom stereocenters. The predicted octanol–water partition coefficient (Wildman–Crippen LogP) is 3.29. The standard InChI is InChI=1S/C23H29N3O5/c1-23(2)12-11-15-17(31-23)8-7-16(20(15)29-4)22(27)26(14-6-13-24)19-10-9-18(28-3)21(25-19)30-5/h7-12H,6,13-14,24H2,1-5H3. The van der Waals surface area contributed by atoms with Crippen LogP contribution in [0.15, 0.2) is 30.3 Å². The SMILES string of the molecule is COc1ccc(N(CCCN)C(=O)c2ccc3c(c2OC)C=CC(C)(C)O3)nc1OC. The molecule has 0 saturated heterocycles. The van der Waals surface area contributed by atoms with Crippen molar-refractivity contribution in [2.24, 2.45) is 5.73 Å². The number of aromatic nitrogens is 1. The minimum absolute atomic E-state index is 0.258. The van der Waals surface area contributed by atoms with Gasteiger partial charge in [-0.2, -0.15) is 4.98 Å². The maximum atomic E-state index is 13.6. The van der Waals surface area contributed by atoms with Crippen LogP contribution in [0.1, 0.15) is 36.2 Å². The highest BCUT2D eigenvalue weighted by Crippen LogP contribution is 2.40. The number of hydrogen-bond donors (Lipinski definition) is 1. The number of ether oxygens (including phenoxy) is 4. The van der Waals surface area contributed by atoms with Gasteiger partial charge in [-0.25, -0.2) is 0 Å². The second-order valence-corrected chi connectivity index (χ2v) is 7.58. The maximum absolute atomic E-state index is 13.6. The molecule has 0 saturated carbocycles. The molecule has 1 amide bonds. The van der Waals surface area contributed by atoms with Crippen LogP contribution < -0.4 is 29.6 Å². The molecule has 0 bridgehead atoms. The molecule has 3 rings (SSSR count). The number of pyridine rings is 1. The molecule has 2 heterocycles. The number of amides is 1. The average Bonchev–Trinajstić information content (AvgIpc) is 2.77. The topological polar surface area (TPSA) is 96.1 Å². The summed E-state index contributed by atoms with van der Waals surface area (Å²) < 4.78 is 22.2. The Morgan fingerprint density at radius 2 is 1.90 bits per heavy atom. The number of rotatable bonds is 8. The quantitative estimate of drug-likeness (QED) is 0.690. The molecule has 0 unspecified atom stereocenters. The van der Waals surface area contributed by atoms with Crippen molar-refractivity contribution in [2.75, 3.05) is 39.3 Å². The Morgan fingerprint density at radius 3 is 2.55 bits per heavy atom. The number of carbonyl (C=O) groups excluding carboxylic acids is 1. The van der Waals surface area contributed by atoms with Gasteiger partial charge in [-0.15, -0.1) is 0 Å². The number of anilines is 1. The number of nitrogens with zero attached hydrogens (tertiary/aromatic N) is 2. The van der Waals surface area contributed by atoms with E-state index < -0.39 is 5.60 Å². The van der Waals surface area contributed by atoms with E-state index in [4.69, 9.17) is 24.7 Å². The average molecular weight is 428 g/mol. The van der Waals surface area contributed by atoms with Crippen LogP contribution in [0.5, 0.6) is 23.1 Å². The van der Waals surface area contributed by atoms with Gasteiger partial charge in [0.05, 0.1) is 32.5 Å². The first kappa shape index (κ1) is 22.4. The lowest BCUT2D eigenvalue weighted by Gasteiger charge is -2.30. The first-order valence-corrected chi connectivity index (χ1v) is 10.1. The van der Waals surface area contributed by atoms with E-state index in [1.165, 1.54) is 14.2 Å². The van der Waals surface area contributed by atoms with Crippen molar-refractivity contribution in [3.05, 3.63) is 41.5 Å². The van der Waals surface area contributed by atoms with Crippen molar-refractivity contribution in [3.8, 4) is 23.1 Å². The van der Waals surface area contributed by atoms with Crippen LogP contribution >= 0.6 is 0 Å². The summed E-state index contributed by atoms with van der Waals surface area (Å²) >= 11 is 0. The van der Waals surface area contributed by atoms with Crippen LogP contribution in [0.3, 0.4) is 0 Å². The highest BCUT2D eigenvalue weighted by molar-refractivity contribution is 6.08. The molecular formula is C23H29N3O5. The van der Waals surface area contributed by atoms with Crippen LogP contribution in [0.4, 0.5) is 5.82 Å². The molecule has 166 valence electrons. The monoisotopic (exact) mass is 427 g/mol. The first-order chi connectivity index (χ1) is 14.8. The highest BCUT2D eigenvalue weighted by atomic mass is 16.5. The fraction of sp³-hybridized carbons (Fsp3) is 0.391. The second kappa shape index (κ2) is 9.26. The molecule has 2 N–H and O–H groups in total. The Morgan fingerprint density at radius 1 is 1.13 bits per heavy atom. The Bertz CT molecular complexity index is 987. The Kier molecular flexibility index (Phi) is 6.70. The van der Waals surface area contributed by atoms with Gasteiger partial charge in [0.1, 0.15) is 22.9 Å². The third-order valence-corrected chi connectivity index (χ3v) is 4.95. The number of hydrogen-bond acceptors (Lipinski definition) is 7. The second-order valence-electron chi connectivity index (χ2n) is 7.58. The van der Waals surface area contributed by atoms with Crippen molar-refractivity contribution in [3.63, 3.8) is 0 Å². The number of methoxy groups -OCH3 is 3. The van der Waals surface area contributed by atoms with Crippen molar-refractivity contribution in [1.82, 2.24) is 4.98 Å². The molecule has 0 radical (unpaired) electrons. The molecule has 2 aromatic rings. The van der Waals surface area contributed by atoms with E-state index in [2.05, 4.69) is 4.98 Å². The fourth-order valence-electron chi connectivity index (χ4n) is 3.40. The molecule has 8 nitrogen and oxygen atoms in total. The van der Waals surface area contributed by atoms with Crippen LogP contribution in [0, 0.1) is 0 Å². The van der Waals surface area contributed by atoms with Crippen molar-refractivity contribution < 1.29 is 23.7 Å². The third-order valence-electron chi connectivity index (χ3n) is 4.95. The molecule has 0 fully saturated rings. The molecular weight excluding hydrogens is 398 g/mol. The van der Waals surface area contributed by atoms with E-state index in [1.807, 2.05) is 26.0 Å². The summed E-state index contributed by atoms with van der Waals surface area (Å²) in [6.45, 7) is 4.76. The smallest absolute Gasteiger partial charge is 0.263 e. The highest BCUT2D eigenvalue weighted by Gasteiger charge is 2.29. The first-order valence-electron chi connectivity index (χ1n) is 10.1. The van der Waals surface area contributed by atoms with E-state index in [-0.39, 0.29) is 5.91 Å². The van der Waals surface area contributed by atoms with Crippen LogP contribution in [-0.4, -0.2) is 50.9 Å². The van der Waals surface area contributed by atoms with Crippen LogP contribution in [0.2, 0.25) is 0 Å². The van der Waals surface area contributed by atoms with Gasteiger partial charge in [0, 0.05) is 6.54 Å². The van der Waals surface area contributed by atoms with Crippen molar-refractivity contribution in [2.45, 2.75) is 25.9 Å². The normalized spacial score (nSPS) is 13.7. The van der Waals surface area contributed by atoms with Gasteiger partial charge in [0.25, 0.3) is 11.8 Å². The number of carbonyl (C=O) groups is 1. The Balaban J connectivity index is 2.05. The lowest BCUT2D eigenvalue weighted by molar-refractivity contribution is 0.0982. The fourth-order valence-corrected chi connectivity index (χ4v) is 3.40. The summed E-state index contributed by atoms with van der Waals surface area (Å²) in [4.78, 5) is 19.7. The van der Waals surface area contributed by atoms with Gasteiger partial charge in [0.15, 0.2) is 5.75 Å². The summed E-state index contributed by atoms with van der Waals surface area (Å²) in [5.41, 5.74) is 6.42. The maximum Gasteiger partial charge on any atom is 0.263 e. The largest absolute Gasteiger partial charge is 0.495 e. The van der Waals surface area contributed by atoms with E-state index in [0.717, 1.165) is 5.56 Å². The molecule has 8 heteroatoms. The summed E-state index contributed by atoms with van der Waals surface area (Å²) in [5, 5.41) is 0. The summed E-state index contributed by atoms with van der Waals surface area (Å²) in [6, 6.07) is 6.93. The van der Waals surface area contributed by atoms with Crippen molar-refractivity contribution >= 4 is 17.8 Å². The van der Waals surface area contributed by atoms with E-state index in [1.54, 1.807) is 36.3 Å². The Hall–Kier alpha value is -3.26. The molecule has 1 aromatic carbocycles. The number of benzene rings is 1. The van der Waals surface area contributed by atoms with Gasteiger partial charge in [0.2, 0.25) is 0 Å². The number of nitrogens with two attached hydrogens (primary N) is 1. The third kappa shape index (κ3) is 4.59. The molecule has 0 spiro atoms. The van der Waals surface area contributed by atoms with Crippen molar-refractivity contribution in [1.29, 1.82) is 0 Å². The molecule has 31 heavy (non-hydrogen) atoms. The van der Waals surface area contributed by atoms with Crippen LogP contribution in [0.25, 0.3) is 6.08 Å². The minimum Gasteiger partial charge on any atom is -0.495 e. The van der Waals surface area contributed by atoms with E-state index >= 15 is 0 Å². The van der Waals surface area contributed by atoms with E-state index in [0.29, 0.717) is 54.0 Å². The summed E-state index contributed by atoms with van der Waals surface area (Å²) in [7, 11) is 4.57. The lowest BCUT2D eigenvalue weighted by atomic mass is 9.99. The zero-order valence-corrected chi connectivity index (χ0v) is 18.6.